The Morgan fingerprint density at radius 3 is 2.15 bits per heavy atom. The second-order valence-corrected chi connectivity index (χ2v) is 6.83. The van der Waals surface area contributed by atoms with Crippen molar-refractivity contribution in [2.24, 2.45) is 0 Å². The number of hydrogen-bond donors (Lipinski definition) is 0. The van der Waals surface area contributed by atoms with Gasteiger partial charge in [0, 0.05) is 11.1 Å². The number of benzene rings is 2. The monoisotopic (exact) mass is 378 g/mol. The fourth-order valence-electron chi connectivity index (χ4n) is 3.60. The van der Waals surface area contributed by atoms with Gasteiger partial charge >= 0.3 is 0 Å². The predicted molar refractivity (Wildman–Crippen MR) is 97.8 cm³/mol. The van der Waals surface area contributed by atoms with E-state index in [1.807, 2.05) is 0 Å². The topological polar surface area (TPSA) is 9.23 Å². The molecule has 5 heteroatoms. The Morgan fingerprint density at radius 2 is 1.48 bits per heavy atom. The Labute approximate surface area is 156 Å². The molecule has 0 saturated heterocycles. The standard InChI is InChI=1S/C22H22F4O/c1-2-3-13-27-18-12-11-17(21(25)22(18)26)16-10-9-15(19(23)20(16)24)14-7-5-4-6-8-14/h2,9-12,14H,1,3-8,13H2. The van der Waals surface area contributed by atoms with Gasteiger partial charge in [-0.05, 0) is 42.9 Å². The third-order valence-corrected chi connectivity index (χ3v) is 5.07. The molecule has 0 amide bonds. The molecule has 0 unspecified atom stereocenters. The highest BCUT2D eigenvalue weighted by Gasteiger charge is 2.25. The summed E-state index contributed by atoms with van der Waals surface area (Å²) in [4.78, 5) is 0. The first-order chi connectivity index (χ1) is 13.0. The first kappa shape index (κ1) is 19.5. The summed E-state index contributed by atoms with van der Waals surface area (Å²) in [5.41, 5.74) is -0.294. The molecular formula is C22H22F4O. The smallest absolute Gasteiger partial charge is 0.201 e. The summed E-state index contributed by atoms with van der Waals surface area (Å²) >= 11 is 0. The molecule has 27 heavy (non-hydrogen) atoms. The lowest BCUT2D eigenvalue weighted by atomic mass is 9.83. The molecule has 0 aliphatic heterocycles. The van der Waals surface area contributed by atoms with Crippen LogP contribution in [0.5, 0.6) is 5.75 Å². The van der Waals surface area contributed by atoms with E-state index < -0.39 is 23.3 Å². The van der Waals surface area contributed by atoms with Gasteiger partial charge < -0.3 is 4.74 Å². The molecule has 2 aromatic carbocycles. The lowest BCUT2D eigenvalue weighted by molar-refractivity contribution is 0.302. The van der Waals surface area contributed by atoms with Crippen molar-refractivity contribution in [3.05, 3.63) is 65.8 Å². The van der Waals surface area contributed by atoms with Gasteiger partial charge in [-0.25, -0.2) is 13.2 Å². The minimum absolute atomic E-state index is 0.0236. The van der Waals surface area contributed by atoms with Crippen molar-refractivity contribution in [2.45, 2.75) is 44.4 Å². The Hall–Kier alpha value is -2.30. The predicted octanol–water partition coefficient (Wildman–Crippen LogP) is 6.91. The molecule has 0 spiro atoms. The molecule has 0 aromatic heterocycles. The van der Waals surface area contributed by atoms with Gasteiger partial charge in [0.2, 0.25) is 5.82 Å². The molecule has 0 bridgehead atoms. The summed E-state index contributed by atoms with van der Waals surface area (Å²) in [5.74, 6) is -4.87. The summed E-state index contributed by atoms with van der Waals surface area (Å²) in [6, 6.07) is 5.26. The molecule has 1 fully saturated rings. The van der Waals surface area contributed by atoms with Gasteiger partial charge in [0.1, 0.15) is 0 Å². The van der Waals surface area contributed by atoms with Crippen molar-refractivity contribution in [1.29, 1.82) is 0 Å². The Bertz CT molecular complexity index is 826. The average molecular weight is 378 g/mol. The van der Waals surface area contributed by atoms with Crippen LogP contribution in [0.4, 0.5) is 17.6 Å². The highest BCUT2D eigenvalue weighted by molar-refractivity contribution is 5.66. The van der Waals surface area contributed by atoms with Crippen LogP contribution in [0.25, 0.3) is 11.1 Å². The van der Waals surface area contributed by atoms with Crippen LogP contribution in [0.3, 0.4) is 0 Å². The van der Waals surface area contributed by atoms with Gasteiger partial charge in [0.15, 0.2) is 23.2 Å². The summed E-state index contributed by atoms with van der Waals surface area (Å²) in [5, 5.41) is 0. The molecule has 1 aliphatic rings. The largest absolute Gasteiger partial charge is 0.490 e. The SMILES string of the molecule is C=CCCOc1ccc(-c2ccc(C3CCCCC3)c(F)c2F)c(F)c1F. The first-order valence-corrected chi connectivity index (χ1v) is 9.24. The molecule has 0 radical (unpaired) electrons. The minimum Gasteiger partial charge on any atom is -0.490 e. The van der Waals surface area contributed by atoms with E-state index in [2.05, 4.69) is 6.58 Å². The normalized spacial score (nSPS) is 15.0. The van der Waals surface area contributed by atoms with E-state index in [4.69, 9.17) is 4.74 Å². The van der Waals surface area contributed by atoms with Crippen LogP contribution in [0, 0.1) is 23.3 Å². The molecular weight excluding hydrogens is 356 g/mol. The summed E-state index contributed by atoms with van der Waals surface area (Å²) in [7, 11) is 0. The fraction of sp³-hybridized carbons (Fsp3) is 0.364. The maximum Gasteiger partial charge on any atom is 0.201 e. The summed E-state index contributed by atoms with van der Waals surface area (Å²) in [6.45, 7) is 3.67. The van der Waals surface area contributed by atoms with Crippen molar-refractivity contribution in [2.75, 3.05) is 6.61 Å². The van der Waals surface area contributed by atoms with Crippen LogP contribution in [-0.4, -0.2) is 6.61 Å². The zero-order chi connectivity index (χ0) is 19.4. The molecule has 0 atom stereocenters. The first-order valence-electron chi connectivity index (χ1n) is 9.24. The highest BCUT2D eigenvalue weighted by Crippen LogP contribution is 2.38. The number of rotatable bonds is 6. The summed E-state index contributed by atoms with van der Waals surface area (Å²) in [6.07, 6.45) is 6.77. The average Bonchev–Trinajstić information content (AvgIpc) is 2.69. The Kier molecular flexibility index (Phi) is 6.19. The zero-order valence-electron chi connectivity index (χ0n) is 15.0. The maximum absolute atomic E-state index is 14.7. The van der Waals surface area contributed by atoms with Gasteiger partial charge in [-0.1, -0.05) is 37.5 Å². The third-order valence-electron chi connectivity index (χ3n) is 5.07. The molecule has 144 valence electrons. The third kappa shape index (κ3) is 4.02. The molecule has 1 saturated carbocycles. The number of ether oxygens (including phenoxy) is 1. The lowest BCUT2D eigenvalue weighted by Crippen LogP contribution is -2.08. The Balaban J connectivity index is 1.93. The van der Waals surface area contributed by atoms with Gasteiger partial charge in [-0.15, -0.1) is 6.58 Å². The fourth-order valence-corrected chi connectivity index (χ4v) is 3.60. The second kappa shape index (κ2) is 8.59. The van der Waals surface area contributed by atoms with Crippen molar-refractivity contribution in [1.82, 2.24) is 0 Å². The van der Waals surface area contributed by atoms with E-state index >= 15 is 0 Å². The molecule has 2 aromatic rings. The minimum atomic E-state index is -1.25. The van der Waals surface area contributed by atoms with Crippen LogP contribution < -0.4 is 4.74 Å². The van der Waals surface area contributed by atoms with Crippen LogP contribution in [0.1, 0.15) is 50.0 Å². The maximum atomic E-state index is 14.7. The van der Waals surface area contributed by atoms with Gasteiger partial charge in [-0.3, -0.25) is 0 Å². The molecule has 0 heterocycles. The van der Waals surface area contributed by atoms with Crippen molar-refractivity contribution in [3.63, 3.8) is 0 Å². The van der Waals surface area contributed by atoms with E-state index in [1.165, 1.54) is 24.3 Å². The van der Waals surface area contributed by atoms with E-state index in [1.54, 1.807) is 6.08 Å². The van der Waals surface area contributed by atoms with E-state index in [-0.39, 0.29) is 29.4 Å². The summed E-state index contributed by atoms with van der Waals surface area (Å²) < 4.78 is 63.1. The lowest BCUT2D eigenvalue weighted by Gasteiger charge is -2.23. The van der Waals surface area contributed by atoms with Gasteiger partial charge in [-0.2, -0.15) is 4.39 Å². The van der Waals surface area contributed by atoms with E-state index in [0.717, 1.165) is 32.1 Å². The molecule has 3 rings (SSSR count). The van der Waals surface area contributed by atoms with Crippen molar-refractivity contribution >= 4 is 0 Å². The van der Waals surface area contributed by atoms with Crippen molar-refractivity contribution < 1.29 is 22.3 Å². The van der Waals surface area contributed by atoms with Crippen molar-refractivity contribution in [3.8, 4) is 16.9 Å². The van der Waals surface area contributed by atoms with E-state index in [0.29, 0.717) is 12.0 Å². The second-order valence-electron chi connectivity index (χ2n) is 6.83. The quantitative estimate of drug-likeness (QED) is 0.301. The van der Waals surface area contributed by atoms with E-state index in [9.17, 15) is 17.6 Å². The van der Waals surface area contributed by atoms with Crippen LogP contribution in [-0.2, 0) is 0 Å². The van der Waals surface area contributed by atoms with Crippen LogP contribution in [0.2, 0.25) is 0 Å². The van der Waals surface area contributed by atoms with Crippen LogP contribution >= 0.6 is 0 Å². The molecule has 1 aliphatic carbocycles. The Morgan fingerprint density at radius 1 is 0.852 bits per heavy atom. The van der Waals surface area contributed by atoms with Gasteiger partial charge in [0.25, 0.3) is 0 Å². The van der Waals surface area contributed by atoms with Gasteiger partial charge in [0.05, 0.1) is 6.61 Å². The highest BCUT2D eigenvalue weighted by atomic mass is 19.2. The van der Waals surface area contributed by atoms with Crippen LogP contribution in [0.15, 0.2) is 36.9 Å². The number of halogens is 4. The molecule has 1 nitrogen and oxygen atoms in total. The number of hydrogen-bond acceptors (Lipinski definition) is 1. The zero-order valence-corrected chi connectivity index (χ0v) is 15.0. The molecule has 0 N–H and O–H groups in total.